The molecular formula is C17H15Cl2F3N2O3S. The van der Waals surface area contributed by atoms with Gasteiger partial charge in [0.25, 0.3) is 0 Å². The largest absolute Gasteiger partial charge is 0.473 e. The number of halogens is 5. The van der Waals surface area contributed by atoms with Crippen molar-refractivity contribution in [2.75, 3.05) is 13.1 Å². The number of nitrogens with zero attached hydrogens (tertiary/aromatic N) is 2. The van der Waals surface area contributed by atoms with E-state index in [1.54, 1.807) is 6.92 Å². The number of alkyl halides is 3. The summed E-state index contributed by atoms with van der Waals surface area (Å²) in [6, 6.07) is 4.38. The predicted octanol–water partition coefficient (Wildman–Crippen LogP) is 4.56. The molecule has 1 aliphatic heterocycles. The molecule has 0 radical (unpaired) electrons. The van der Waals surface area contributed by atoms with E-state index in [1.807, 2.05) is 0 Å². The summed E-state index contributed by atoms with van der Waals surface area (Å²) in [5.74, 6) is -0.209. The molecule has 0 N–H and O–H groups in total. The summed E-state index contributed by atoms with van der Waals surface area (Å²) in [4.78, 5) is 3.70. The molecule has 28 heavy (non-hydrogen) atoms. The van der Waals surface area contributed by atoms with Crippen LogP contribution in [0.3, 0.4) is 0 Å². The molecule has 1 aromatic carbocycles. The molecule has 1 atom stereocenters. The summed E-state index contributed by atoms with van der Waals surface area (Å²) in [6.07, 6.45) is -3.84. The Bertz CT molecular complexity index is 1000. The molecule has 5 nitrogen and oxygen atoms in total. The van der Waals surface area contributed by atoms with E-state index >= 15 is 0 Å². The minimum atomic E-state index is -4.52. The molecule has 1 unspecified atom stereocenters. The molecular weight excluding hydrogens is 440 g/mol. The van der Waals surface area contributed by atoms with Gasteiger partial charge in [0.1, 0.15) is 11.0 Å². The third-order valence-electron chi connectivity index (χ3n) is 4.29. The van der Waals surface area contributed by atoms with Crippen LogP contribution in [0.4, 0.5) is 13.2 Å². The minimum Gasteiger partial charge on any atom is -0.473 e. The molecule has 152 valence electrons. The molecule has 2 heterocycles. The smallest absolute Gasteiger partial charge is 0.416 e. The van der Waals surface area contributed by atoms with Gasteiger partial charge in [0.2, 0.25) is 15.9 Å². The second kappa shape index (κ2) is 7.70. The Morgan fingerprint density at radius 2 is 1.93 bits per heavy atom. The molecule has 1 fully saturated rings. The number of aromatic nitrogens is 1. The molecule has 3 rings (SSSR count). The van der Waals surface area contributed by atoms with Gasteiger partial charge >= 0.3 is 6.18 Å². The lowest BCUT2D eigenvalue weighted by Gasteiger charge is -2.18. The van der Waals surface area contributed by atoms with E-state index in [0.717, 1.165) is 18.3 Å². The first-order valence-corrected chi connectivity index (χ1v) is 10.3. The van der Waals surface area contributed by atoms with Gasteiger partial charge in [0, 0.05) is 23.8 Å². The van der Waals surface area contributed by atoms with Crippen molar-refractivity contribution in [1.82, 2.24) is 9.29 Å². The zero-order valence-electron chi connectivity index (χ0n) is 14.5. The first-order chi connectivity index (χ1) is 13.0. The Labute approximate surface area is 170 Å². The zero-order valence-corrected chi connectivity index (χ0v) is 16.8. The van der Waals surface area contributed by atoms with Crippen LogP contribution in [0.25, 0.3) is 0 Å². The fourth-order valence-corrected chi connectivity index (χ4v) is 5.09. The van der Waals surface area contributed by atoms with Gasteiger partial charge < -0.3 is 4.74 Å². The Morgan fingerprint density at radius 1 is 1.21 bits per heavy atom. The summed E-state index contributed by atoms with van der Waals surface area (Å²) in [5.41, 5.74) is -0.326. The van der Waals surface area contributed by atoms with E-state index in [2.05, 4.69) is 4.98 Å². The van der Waals surface area contributed by atoms with E-state index in [9.17, 15) is 21.6 Å². The van der Waals surface area contributed by atoms with Gasteiger partial charge in [-0.25, -0.2) is 13.4 Å². The van der Waals surface area contributed by atoms with Crippen molar-refractivity contribution in [3.8, 4) is 5.88 Å². The number of hydrogen-bond donors (Lipinski definition) is 0. The van der Waals surface area contributed by atoms with E-state index in [-0.39, 0.29) is 28.9 Å². The lowest BCUT2D eigenvalue weighted by molar-refractivity contribution is -0.137. The molecule has 1 aliphatic rings. The Morgan fingerprint density at radius 3 is 2.61 bits per heavy atom. The number of benzene rings is 1. The van der Waals surface area contributed by atoms with Crippen molar-refractivity contribution in [2.24, 2.45) is 0 Å². The van der Waals surface area contributed by atoms with Crippen LogP contribution >= 0.6 is 23.2 Å². The van der Waals surface area contributed by atoms with Gasteiger partial charge in [-0.1, -0.05) is 23.2 Å². The second-order valence-electron chi connectivity index (χ2n) is 6.30. The molecule has 0 spiro atoms. The van der Waals surface area contributed by atoms with Crippen molar-refractivity contribution in [3.63, 3.8) is 0 Å². The first-order valence-electron chi connectivity index (χ1n) is 8.14. The number of aryl methyl sites for hydroxylation is 1. The highest BCUT2D eigenvalue weighted by molar-refractivity contribution is 7.89. The fraction of sp³-hybridized carbons (Fsp3) is 0.353. The highest BCUT2D eigenvalue weighted by Gasteiger charge is 2.36. The van der Waals surface area contributed by atoms with Crippen LogP contribution in [-0.2, 0) is 16.2 Å². The van der Waals surface area contributed by atoms with Crippen LogP contribution in [0, 0.1) is 6.92 Å². The van der Waals surface area contributed by atoms with E-state index in [0.29, 0.717) is 17.0 Å². The van der Waals surface area contributed by atoms with Crippen molar-refractivity contribution in [3.05, 3.63) is 51.6 Å². The summed E-state index contributed by atoms with van der Waals surface area (Å²) < 4.78 is 70.8. The molecule has 0 bridgehead atoms. The molecule has 0 aliphatic carbocycles. The predicted molar refractivity (Wildman–Crippen MR) is 98.2 cm³/mol. The second-order valence-corrected chi connectivity index (χ2v) is 9.02. The van der Waals surface area contributed by atoms with Gasteiger partial charge in [-0.3, -0.25) is 0 Å². The van der Waals surface area contributed by atoms with Gasteiger partial charge in [-0.2, -0.15) is 17.5 Å². The fourth-order valence-electron chi connectivity index (χ4n) is 2.80. The van der Waals surface area contributed by atoms with Crippen molar-refractivity contribution >= 4 is 33.2 Å². The van der Waals surface area contributed by atoms with Gasteiger partial charge in [0.15, 0.2) is 0 Å². The van der Waals surface area contributed by atoms with Crippen LogP contribution < -0.4 is 4.74 Å². The SMILES string of the molecule is Cc1cc(S(=O)(=O)N2CCC(Oc3cc(C(F)(F)F)ccn3)C2)c(Cl)cc1Cl. The van der Waals surface area contributed by atoms with Crippen molar-refractivity contribution in [2.45, 2.75) is 30.5 Å². The molecule has 2 aromatic rings. The Balaban J connectivity index is 1.76. The Hall–Kier alpha value is -1.55. The number of ether oxygens (including phenoxy) is 1. The quantitative estimate of drug-likeness (QED) is 0.679. The highest BCUT2D eigenvalue weighted by atomic mass is 35.5. The van der Waals surface area contributed by atoms with Gasteiger partial charge in [-0.15, -0.1) is 0 Å². The van der Waals surface area contributed by atoms with Gasteiger partial charge in [-0.05, 0) is 37.1 Å². The summed E-state index contributed by atoms with van der Waals surface area (Å²) in [5, 5.41) is 0.349. The average Bonchev–Trinajstić information content (AvgIpc) is 3.07. The third kappa shape index (κ3) is 4.37. The molecule has 11 heteroatoms. The molecule has 1 aromatic heterocycles. The number of hydrogen-bond acceptors (Lipinski definition) is 4. The van der Waals surface area contributed by atoms with E-state index in [1.165, 1.54) is 16.4 Å². The number of pyridine rings is 1. The van der Waals surface area contributed by atoms with Crippen molar-refractivity contribution < 1.29 is 26.3 Å². The summed E-state index contributed by atoms with van der Waals surface area (Å²) in [6.45, 7) is 1.77. The Kier molecular flexibility index (Phi) is 5.82. The molecule has 0 saturated carbocycles. The number of sulfonamides is 1. The first kappa shape index (κ1) is 21.2. The normalized spacial score (nSPS) is 18.4. The monoisotopic (exact) mass is 454 g/mol. The zero-order chi connectivity index (χ0) is 20.7. The minimum absolute atomic E-state index is 0.000451. The summed E-state index contributed by atoms with van der Waals surface area (Å²) in [7, 11) is -3.90. The summed E-state index contributed by atoms with van der Waals surface area (Å²) >= 11 is 12.0. The molecule has 1 saturated heterocycles. The maximum atomic E-state index is 12.9. The third-order valence-corrected chi connectivity index (χ3v) is 7.03. The van der Waals surface area contributed by atoms with Crippen LogP contribution in [0.2, 0.25) is 10.0 Å². The van der Waals surface area contributed by atoms with Crippen LogP contribution in [0.5, 0.6) is 5.88 Å². The lowest BCUT2D eigenvalue weighted by Crippen LogP contribution is -2.31. The van der Waals surface area contributed by atoms with E-state index < -0.39 is 27.9 Å². The standard InChI is InChI=1S/C17H15Cl2F3N2O3S/c1-10-6-15(14(19)8-13(10)18)28(25,26)24-5-3-12(9-24)27-16-7-11(2-4-23-16)17(20,21)22/h2,4,6-8,12H,3,5,9H2,1H3. The lowest BCUT2D eigenvalue weighted by atomic mass is 10.2. The van der Waals surface area contributed by atoms with Crippen LogP contribution in [-0.4, -0.2) is 36.9 Å². The number of rotatable bonds is 4. The molecule has 0 amide bonds. The van der Waals surface area contributed by atoms with E-state index in [4.69, 9.17) is 27.9 Å². The van der Waals surface area contributed by atoms with Crippen LogP contribution in [0.15, 0.2) is 35.4 Å². The van der Waals surface area contributed by atoms with Gasteiger partial charge in [0.05, 0.1) is 17.1 Å². The average molecular weight is 455 g/mol. The highest BCUT2D eigenvalue weighted by Crippen LogP contribution is 2.33. The maximum Gasteiger partial charge on any atom is 0.416 e. The van der Waals surface area contributed by atoms with Crippen molar-refractivity contribution in [1.29, 1.82) is 0 Å². The maximum absolute atomic E-state index is 12.9. The topological polar surface area (TPSA) is 59.5 Å². The van der Waals surface area contributed by atoms with Crippen LogP contribution in [0.1, 0.15) is 17.5 Å².